The largest absolute Gasteiger partial charge is 0.353 e. The molecular weight excluding hydrogens is 252 g/mol. The molecule has 1 aliphatic rings. The highest BCUT2D eigenvalue weighted by Gasteiger charge is 2.27. The Kier molecular flexibility index (Phi) is 3.29. The second-order valence-corrected chi connectivity index (χ2v) is 5.41. The van der Waals surface area contributed by atoms with Crippen LogP contribution in [0.4, 0.5) is 5.82 Å². The number of nitrogens with zero attached hydrogens (tertiary/aromatic N) is 2. The van der Waals surface area contributed by atoms with Gasteiger partial charge in [-0.2, -0.15) is 0 Å². The van der Waals surface area contributed by atoms with E-state index >= 15 is 0 Å². The molecule has 1 aromatic rings. The molecule has 82 valence electrons. The number of alkyl halides is 1. The first-order valence-corrected chi connectivity index (χ1v) is 6.44. The van der Waals surface area contributed by atoms with E-state index in [0.717, 1.165) is 12.4 Å². The van der Waals surface area contributed by atoms with E-state index in [1.54, 1.807) is 0 Å². The van der Waals surface area contributed by atoms with Crippen LogP contribution in [0.15, 0.2) is 18.3 Å². The van der Waals surface area contributed by atoms with Gasteiger partial charge in [0, 0.05) is 23.6 Å². The number of anilines is 1. The summed E-state index contributed by atoms with van der Waals surface area (Å²) in [6.45, 7) is 5.53. The highest BCUT2D eigenvalue weighted by molar-refractivity contribution is 9.09. The van der Waals surface area contributed by atoms with Gasteiger partial charge in [0.1, 0.15) is 5.82 Å². The Bertz CT molecular complexity index is 340. The highest BCUT2D eigenvalue weighted by Crippen LogP contribution is 2.28. The van der Waals surface area contributed by atoms with Crippen molar-refractivity contribution in [2.75, 3.05) is 11.4 Å². The zero-order valence-corrected chi connectivity index (χ0v) is 10.9. The van der Waals surface area contributed by atoms with Gasteiger partial charge in [-0.05, 0) is 38.3 Å². The molecule has 2 unspecified atom stereocenters. The third-order valence-electron chi connectivity index (χ3n) is 3.15. The van der Waals surface area contributed by atoms with Crippen LogP contribution in [0, 0.1) is 6.92 Å². The van der Waals surface area contributed by atoms with Crippen LogP contribution in [0.25, 0.3) is 0 Å². The third kappa shape index (κ3) is 2.17. The zero-order chi connectivity index (χ0) is 10.8. The number of aromatic nitrogens is 1. The second-order valence-electron chi connectivity index (χ2n) is 4.24. The predicted molar refractivity (Wildman–Crippen MR) is 67.7 cm³/mol. The third-order valence-corrected chi connectivity index (χ3v) is 4.37. The van der Waals surface area contributed by atoms with Gasteiger partial charge in [-0.3, -0.25) is 0 Å². The molecule has 2 atom stereocenters. The van der Waals surface area contributed by atoms with E-state index in [2.05, 4.69) is 45.7 Å². The fraction of sp³-hybridized carbons (Fsp3) is 0.583. The van der Waals surface area contributed by atoms with Gasteiger partial charge in [0.05, 0.1) is 0 Å². The molecule has 1 fully saturated rings. The molecule has 0 amide bonds. The molecule has 1 saturated heterocycles. The average molecular weight is 269 g/mol. The fourth-order valence-electron chi connectivity index (χ4n) is 2.17. The van der Waals surface area contributed by atoms with E-state index in [0.29, 0.717) is 10.9 Å². The van der Waals surface area contributed by atoms with Crippen LogP contribution in [-0.2, 0) is 0 Å². The molecule has 0 aromatic carbocycles. The normalized spacial score (nSPS) is 26.7. The van der Waals surface area contributed by atoms with E-state index in [1.165, 1.54) is 18.4 Å². The topological polar surface area (TPSA) is 16.1 Å². The molecule has 2 heterocycles. The van der Waals surface area contributed by atoms with E-state index < -0.39 is 0 Å². The number of pyridine rings is 1. The molecule has 1 aliphatic heterocycles. The number of hydrogen-bond acceptors (Lipinski definition) is 2. The minimum atomic E-state index is 0.535. The van der Waals surface area contributed by atoms with Gasteiger partial charge in [0.25, 0.3) is 0 Å². The predicted octanol–water partition coefficient (Wildman–Crippen LogP) is 3.14. The standard InChI is InChI=1S/C12H17BrN2/c1-9-5-3-7-14-12(9)15-8-4-6-11(13)10(15)2/h3,5,7,10-11H,4,6,8H2,1-2H3. The maximum atomic E-state index is 4.49. The minimum Gasteiger partial charge on any atom is -0.353 e. The van der Waals surface area contributed by atoms with Gasteiger partial charge in [-0.25, -0.2) is 4.98 Å². The van der Waals surface area contributed by atoms with Crippen LogP contribution in [-0.4, -0.2) is 22.4 Å². The van der Waals surface area contributed by atoms with Crippen molar-refractivity contribution in [2.24, 2.45) is 0 Å². The second kappa shape index (κ2) is 4.52. The van der Waals surface area contributed by atoms with Crippen molar-refractivity contribution in [3.05, 3.63) is 23.9 Å². The van der Waals surface area contributed by atoms with Crippen LogP contribution in [0.2, 0.25) is 0 Å². The molecule has 0 aliphatic carbocycles. The highest BCUT2D eigenvalue weighted by atomic mass is 79.9. The van der Waals surface area contributed by atoms with Gasteiger partial charge in [0.2, 0.25) is 0 Å². The lowest BCUT2D eigenvalue weighted by Crippen LogP contribution is -2.44. The molecule has 0 saturated carbocycles. The molecule has 0 bridgehead atoms. The summed E-state index contributed by atoms with van der Waals surface area (Å²) in [4.78, 5) is 7.50. The lowest BCUT2D eigenvalue weighted by Gasteiger charge is -2.38. The van der Waals surface area contributed by atoms with Gasteiger partial charge in [-0.1, -0.05) is 22.0 Å². The Morgan fingerprint density at radius 3 is 3.07 bits per heavy atom. The average Bonchev–Trinajstić information content (AvgIpc) is 2.23. The number of aryl methyl sites for hydroxylation is 1. The van der Waals surface area contributed by atoms with Crippen molar-refractivity contribution >= 4 is 21.7 Å². The summed E-state index contributed by atoms with van der Waals surface area (Å²) >= 11 is 3.75. The Morgan fingerprint density at radius 1 is 1.53 bits per heavy atom. The van der Waals surface area contributed by atoms with Crippen molar-refractivity contribution in [1.29, 1.82) is 0 Å². The van der Waals surface area contributed by atoms with Crippen LogP contribution >= 0.6 is 15.9 Å². The van der Waals surface area contributed by atoms with Gasteiger partial charge >= 0.3 is 0 Å². The Hall–Kier alpha value is -0.570. The van der Waals surface area contributed by atoms with E-state index in [-0.39, 0.29) is 0 Å². The smallest absolute Gasteiger partial charge is 0.131 e. The van der Waals surface area contributed by atoms with Crippen LogP contribution < -0.4 is 4.90 Å². The Labute approximate surface area is 99.8 Å². The van der Waals surface area contributed by atoms with Gasteiger partial charge in [-0.15, -0.1) is 0 Å². The first-order chi connectivity index (χ1) is 7.20. The molecule has 1 aromatic heterocycles. The molecule has 2 rings (SSSR count). The summed E-state index contributed by atoms with van der Waals surface area (Å²) in [6.07, 6.45) is 4.40. The van der Waals surface area contributed by atoms with Gasteiger partial charge in [0.15, 0.2) is 0 Å². The van der Waals surface area contributed by atoms with E-state index in [4.69, 9.17) is 0 Å². The SMILES string of the molecule is Cc1cccnc1N1CCCC(Br)C1C. The lowest BCUT2D eigenvalue weighted by atomic mass is 10.0. The van der Waals surface area contributed by atoms with Crippen LogP contribution in [0.3, 0.4) is 0 Å². The zero-order valence-electron chi connectivity index (χ0n) is 9.28. The number of rotatable bonds is 1. The van der Waals surface area contributed by atoms with Crippen LogP contribution in [0.5, 0.6) is 0 Å². The number of halogens is 1. The number of piperidine rings is 1. The summed E-state index contributed by atoms with van der Waals surface area (Å²) in [5.41, 5.74) is 1.27. The van der Waals surface area contributed by atoms with Crippen molar-refractivity contribution in [2.45, 2.75) is 37.6 Å². The number of hydrogen-bond donors (Lipinski definition) is 0. The molecule has 0 spiro atoms. The fourth-order valence-corrected chi connectivity index (χ4v) is 2.78. The maximum absolute atomic E-state index is 4.49. The Balaban J connectivity index is 2.26. The minimum absolute atomic E-state index is 0.535. The molecule has 0 radical (unpaired) electrons. The Morgan fingerprint density at radius 2 is 2.33 bits per heavy atom. The lowest BCUT2D eigenvalue weighted by molar-refractivity contribution is 0.498. The van der Waals surface area contributed by atoms with E-state index in [9.17, 15) is 0 Å². The first kappa shape index (κ1) is 10.9. The summed E-state index contributed by atoms with van der Waals surface area (Å²) in [6, 6.07) is 4.67. The molecular formula is C12H17BrN2. The summed E-state index contributed by atoms with van der Waals surface area (Å²) in [7, 11) is 0. The molecule has 0 N–H and O–H groups in total. The van der Waals surface area contributed by atoms with Crippen molar-refractivity contribution < 1.29 is 0 Å². The monoisotopic (exact) mass is 268 g/mol. The summed E-state index contributed by atoms with van der Waals surface area (Å²) in [5, 5.41) is 0. The maximum Gasteiger partial charge on any atom is 0.131 e. The summed E-state index contributed by atoms with van der Waals surface area (Å²) < 4.78 is 0. The van der Waals surface area contributed by atoms with Crippen molar-refractivity contribution in [3.8, 4) is 0 Å². The summed E-state index contributed by atoms with van der Waals surface area (Å²) in [5.74, 6) is 1.15. The first-order valence-electron chi connectivity index (χ1n) is 5.52. The van der Waals surface area contributed by atoms with E-state index in [1.807, 2.05) is 12.3 Å². The molecule has 3 heteroatoms. The van der Waals surface area contributed by atoms with Crippen molar-refractivity contribution in [1.82, 2.24) is 4.98 Å². The van der Waals surface area contributed by atoms with Crippen LogP contribution in [0.1, 0.15) is 25.3 Å². The van der Waals surface area contributed by atoms with Gasteiger partial charge < -0.3 is 4.90 Å². The van der Waals surface area contributed by atoms with Crippen molar-refractivity contribution in [3.63, 3.8) is 0 Å². The molecule has 2 nitrogen and oxygen atoms in total. The quantitative estimate of drug-likeness (QED) is 0.728. The molecule has 15 heavy (non-hydrogen) atoms.